The molecule has 1 heterocycles. The number of rotatable bonds is 12. The Bertz CT molecular complexity index is 2000. The van der Waals surface area contributed by atoms with Gasteiger partial charge in [-0.1, -0.05) is 0 Å². The first-order valence-electron chi connectivity index (χ1n) is 15.4. The Balaban J connectivity index is 1.55. The van der Waals surface area contributed by atoms with E-state index >= 15 is 0 Å². The van der Waals surface area contributed by atoms with Gasteiger partial charge in [0.2, 0.25) is 0 Å². The van der Waals surface area contributed by atoms with Crippen LogP contribution >= 0.6 is 24.6 Å². The van der Waals surface area contributed by atoms with E-state index < -0.39 is 16.0 Å². The van der Waals surface area contributed by atoms with Gasteiger partial charge in [-0.25, -0.2) is 0 Å². The van der Waals surface area contributed by atoms with E-state index in [0.29, 0.717) is 11.5 Å². The average molecular weight is 742 g/mol. The third-order valence-electron chi connectivity index (χ3n) is 7.00. The Kier molecular flexibility index (Phi) is 9.77. The monoisotopic (exact) mass is 741 g/mol. The van der Waals surface area contributed by atoms with Gasteiger partial charge >= 0.3 is 297 Å². The Labute approximate surface area is 296 Å². The molecular formula is C36H30N3O9P3. The molecule has 7 rings (SSSR count). The first kappa shape index (κ1) is 33.9. The molecule has 0 saturated heterocycles. The maximum absolute atomic E-state index is 11.2. The Morgan fingerprint density at radius 3 is 1.27 bits per heavy atom. The van der Waals surface area contributed by atoms with E-state index in [-0.39, 0.29) is 48.8 Å². The van der Waals surface area contributed by atoms with Crippen molar-refractivity contribution in [3.05, 3.63) is 164 Å². The molecule has 258 valence electrons. The van der Waals surface area contributed by atoms with Crippen LogP contribution in [0.25, 0.3) is 0 Å². The van der Waals surface area contributed by atoms with Gasteiger partial charge in [0.25, 0.3) is 0 Å². The summed E-state index contributed by atoms with van der Waals surface area (Å²) in [5.41, 5.74) is 0. The second-order valence-electron chi connectivity index (χ2n) is 10.6. The van der Waals surface area contributed by atoms with Crippen LogP contribution in [0.1, 0.15) is 0 Å². The van der Waals surface area contributed by atoms with Crippen LogP contribution in [0.5, 0.6) is 51.7 Å². The van der Waals surface area contributed by atoms with Gasteiger partial charge in [0, 0.05) is 0 Å². The molecule has 15 heteroatoms. The Morgan fingerprint density at radius 2 is 0.843 bits per heavy atom. The van der Waals surface area contributed by atoms with Crippen molar-refractivity contribution in [3.63, 3.8) is 0 Å². The molecule has 3 N–H and O–H groups in total. The van der Waals surface area contributed by atoms with Gasteiger partial charge in [-0.2, -0.15) is 0 Å². The average Bonchev–Trinajstić information content (AvgIpc) is 3.16. The van der Waals surface area contributed by atoms with E-state index in [1.54, 1.807) is 97.1 Å². The molecule has 0 aliphatic carbocycles. The molecule has 6 aromatic carbocycles. The predicted octanol–water partition coefficient (Wildman–Crippen LogP) is 10.4. The molecule has 0 spiro atoms. The van der Waals surface area contributed by atoms with E-state index in [2.05, 4.69) is 0 Å². The van der Waals surface area contributed by atoms with Crippen LogP contribution in [-0.4, -0.2) is 24.5 Å². The third kappa shape index (κ3) is 7.32. The first-order chi connectivity index (χ1) is 24.9. The fourth-order valence-electron chi connectivity index (χ4n) is 4.64. The molecule has 0 saturated carbocycles. The molecule has 1 aliphatic heterocycles. The van der Waals surface area contributed by atoms with Crippen molar-refractivity contribution in [2.45, 2.75) is 0 Å². The maximum atomic E-state index is 11.2. The fraction of sp³-hybridized carbons (Fsp3) is 0. The van der Waals surface area contributed by atoms with Gasteiger partial charge in [0.1, 0.15) is 0 Å². The van der Waals surface area contributed by atoms with Crippen LogP contribution in [0, 0.1) is 0 Å². The summed E-state index contributed by atoms with van der Waals surface area (Å²) < 4.78 is 34.8. The van der Waals surface area contributed by atoms with Gasteiger partial charge < -0.3 is 0 Å². The van der Waals surface area contributed by atoms with Crippen molar-refractivity contribution in [2.75, 3.05) is 0 Å². The summed E-state index contributed by atoms with van der Waals surface area (Å²) in [4.78, 5) is 13.1. The van der Waals surface area contributed by atoms with Crippen LogP contribution in [0.3, 0.4) is 0 Å². The second-order valence-corrected chi connectivity index (χ2v) is 16.5. The van der Waals surface area contributed by atoms with Gasteiger partial charge in [0.15, 0.2) is 0 Å². The first-order valence-corrected chi connectivity index (χ1v) is 19.3. The normalized spacial score (nSPS) is 17.6. The number of nitrogens with zero attached hydrogens (tertiary/aromatic N) is 3. The quantitative estimate of drug-likeness (QED) is 0.103. The number of aromatic hydroxyl groups is 3. The number of phenolic OH excluding ortho intramolecular Hbond substituents is 3. The van der Waals surface area contributed by atoms with E-state index in [4.69, 9.17) is 32.3 Å². The summed E-state index contributed by atoms with van der Waals surface area (Å²) >= 11 is 0. The number of hydrogen-bond acceptors (Lipinski definition) is 12. The number of phenols is 3. The van der Waals surface area contributed by atoms with Gasteiger partial charge in [0.05, 0.1) is 0 Å². The molecular weight excluding hydrogens is 711 g/mol. The summed E-state index contributed by atoms with van der Waals surface area (Å²) in [6.07, 6.45) is 0. The Hall–Kier alpha value is -5.60. The van der Waals surface area contributed by atoms with Crippen molar-refractivity contribution >= 4 is 24.6 Å². The zero-order valence-corrected chi connectivity index (χ0v) is 29.2. The minimum absolute atomic E-state index is 0.0293. The van der Waals surface area contributed by atoms with Crippen LogP contribution in [0.4, 0.5) is 0 Å². The zero-order valence-electron chi connectivity index (χ0n) is 26.6. The SMILES string of the molecule is Oc1ccccc1OP1(Oc2ccccc2O)(Oc2ccccc2O)N=PN(Oc2ccccc2)P(Oc2ccccc2)N1Oc1ccccc1. The van der Waals surface area contributed by atoms with Gasteiger partial charge in [-0.3, -0.25) is 0 Å². The molecule has 0 bridgehead atoms. The van der Waals surface area contributed by atoms with Crippen molar-refractivity contribution in [2.24, 2.45) is 4.52 Å². The third-order valence-corrected chi connectivity index (χ3v) is 14.1. The van der Waals surface area contributed by atoms with Crippen LogP contribution in [-0.2, 0) is 0 Å². The molecule has 1 atom stereocenters. The molecule has 1 unspecified atom stereocenters. The summed E-state index contributed by atoms with van der Waals surface area (Å²) in [5.74, 6) is -0.0597. The van der Waals surface area contributed by atoms with Gasteiger partial charge in [-0.15, -0.1) is 0 Å². The van der Waals surface area contributed by atoms with Crippen LogP contribution in [0.15, 0.2) is 168 Å². The van der Waals surface area contributed by atoms with Crippen molar-refractivity contribution < 1.29 is 43.1 Å². The topological polar surface area (TPSA) is 135 Å². The second kappa shape index (κ2) is 14.7. The minimum atomic E-state index is -5.75. The summed E-state index contributed by atoms with van der Waals surface area (Å²) in [7, 11) is -8.15. The number of hydrogen-bond donors (Lipinski definition) is 3. The number of para-hydroxylation sites is 9. The molecule has 12 nitrogen and oxygen atoms in total. The molecule has 51 heavy (non-hydrogen) atoms. The molecule has 0 aromatic heterocycles. The van der Waals surface area contributed by atoms with E-state index in [0.717, 1.165) is 0 Å². The summed E-state index contributed by atoms with van der Waals surface area (Å²) in [6, 6.07) is 45.2. The molecule has 0 amide bonds. The van der Waals surface area contributed by atoms with E-state index in [1.165, 1.54) is 45.6 Å². The summed E-state index contributed by atoms with van der Waals surface area (Å²) in [5, 5.41) is 33.5. The number of benzene rings is 6. The van der Waals surface area contributed by atoms with E-state index in [9.17, 15) is 15.3 Å². The molecule has 6 aromatic rings. The fourth-order valence-corrected chi connectivity index (χ4v) is 12.3. The predicted molar refractivity (Wildman–Crippen MR) is 194 cm³/mol. The van der Waals surface area contributed by atoms with Gasteiger partial charge in [-0.05, 0) is 0 Å². The molecule has 1 aliphatic rings. The van der Waals surface area contributed by atoms with Crippen molar-refractivity contribution in [1.82, 2.24) is 9.21 Å². The molecule has 0 radical (unpaired) electrons. The zero-order chi connectivity index (χ0) is 35.1. The Morgan fingerprint density at radius 1 is 0.471 bits per heavy atom. The van der Waals surface area contributed by atoms with Crippen LogP contribution < -0.4 is 27.8 Å². The summed E-state index contributed by atoms with van der Waals surface area (Å²) in [6.45, 7) is 0. The van der Waals surface area contributed by atoms with Crippen molar-refractivity contribution in [3.8, 4) is 51.7 Å². The van der Waals surface area contributed by atoms with Crippen molar-refractivity contribution in [1.29, 1.82) is 0 Å². The molecule has 0 fully saturated rings. The van der Waals surface area contributed by atoms with Crippen LogP contribution in [0.2, 0.25) is 0 Å². The van der Waals surface area contributed by atoms with E-state index in [1.807, 2.05) is 30.3 Å². The standard InChI is InChI=1S/C36H30N3O9P3/c40-31-22-10-13-25-34(31)46-51(47-35-26-14-11-23-32(35)41,48-36-27-15-12-24-33(36)42)37-49-38(43-28-16-4-1-5-17-28)50(45-30-20-8-3-9-21-30)39(51)44-29-18-6-2-7-19-29/h1-27,40-42H.